The fourth-order valence-corrected chi connectivity index (χ4v) is 2.60. The van der Waals surface area contributed by atoms with Gasteiger partial charge in [-0.2, -0.15) is 0 Å². The predicted octanol–water partition coefficient (Wildman–Crippen LogP) is 3.50. The number of aromatic nitrogens is 1. The van der Waals surface area contributed by atoms with Crippen molar-refractivity contribution in [3.05, 3.63) is 47.0 Å². The van der Waals surface area contributed by atoms with Crippen LogP contribution < -0.4 is 10.6 Å². The zero-order valence-corrected chi connectivity index (χ0v) is 11.9. The third-order valence-corrected chi connectivity index (χ3v) is 3.58. The van der Waals surface area contributed by atoms with Crippen LogP contribution in [0, 0.1) is 6.92 Å². The molecule has 18 heavy (non-hydrogen) atoms. The molecule has 0 fully saturated rings. The van der Waals surface area contributed by atoms with E-state index in [2.05, 4.69) is 34.7 Å². The molecule has 0 amide bonds. The minimum Gasteiger partial charge on any atom is -0.356 e. The van der Waals surface area contributed by atoms with E-state index in [-0.39, 0.29) is 6.04 Å². The Kier molecular flexibility index (Phi) is 4.28. The Morgan fingerprint density at radius 3 is 2.67 bits per heavy atom. The molecule has 5 heteroatoms. The number of rotatable bonds is 3. The molecule has 94 valence electrons. The van der Waals surface area contributed by atoms with Crippen LogP contribution in [0.5, 0.6) is 0 Å². The Morgan fingerprint density at radius 2 is 2.06 bits per heavy atom. The van der Waals surface area contributed by atoms with E-state index in [4.69, 9.17) is 12.2 Å². The van der Waals surface area contributed by atoms with Crippen molar-refractivity contribution in [1.29, 1.82) is 0 Å². The Labute approximate surface area is 116 Å². The summed E-state index contributed by atoms with van der Waals surface area (Å²) in [6.07, 6.45) is 0. The van der Waals surface area contributed by atoms with E-state index in [0.29, 0.717) is 5.11 Å². The highest BCUT2D eigenvalue weighted by atomic mass is 32.1. The van der Waals surface area contributed by atoms with Crippen LogP contribution in [0.4, 0.5) is 5.13 Å². The molecule has 0 aliphatic heterocycles. The molecule has 2 rings (SSSR count). The van der Waals surface area contributed by atoms with Gasteiger partial charge in [0.1, 0.15) is 0 Å². The van der Waals surface area contributed by atoms with Crippen LogP contribution in [0.3, 0.4) is 0 Å². The second kappa shape index (κ2) is 5.93. The summed E-state index contributed by atoms with van der Waals surface area (Å²) in [4.78, 5) is 4.31. The first kappa shape index (κ1) is 13.0. The lowest BCUT2D eigenvalue weighted by Crippen LogP contribution is -2.30. The van der Waals surface area contributed by atoms with Crippen LogP contribution in [-0.2, 0) is 0 Å². The monoisotopic (exact) mass is 277 g/mol. The second-order valence-electron chi connectivity index (χ2n) is 4.02. The first-order chi connectivity index (χ1) is 8.65. The van der Waals surface area contributed by atoms with E-state index in [1.807, 2.05) is 30.5 Å². The Bertz CT molecular complexity index is 522. The van der Waals surface area contributed by atoms with Crippen LogP contribution in [0.1, 0.15) is 24.2 Å². The van der Waals surface area contributed by atoms with E-state index >= 15 is 0 Å². The molecular formula is C13H15N3S2. The van der Waals surface area contributed by atoms with E-state index in [0.717, 1.165) is 10.8 Å². The number of hydrogen-bond acceptors (Lipinski definition) is 3. The average molecular weight is 277 g/mol. The molecule has 0 aliphatic carbocycles. The summed E-state index contributed by atoms with van der Waals surface area (Å²) in [7, 11) is 0. The molecule has 0 saturated heterocycles. The van der Waals surface area contributed by atoms with Crippen LogP contribution in [-0.4, -0.2) is 10.1 Å². The first-order valence-corrected chi connectivity index (χ1v) is 6.98. The van der Waals surface area contributed by atoms with Gasteiger partial charge in [-0.25, -0.2) is 4.98 Å². The van der Waals surface area contributed by atoms with Crippen LogP contribution in [0.15, 0.2) is 35.7 Å². The number of benzene rings is 1. The summed E-state index contributed by atoms with van der Waals surface area (Å²) >= 11 is 6.82. The molecule has 2 N–H and O–H groups in total. The Balaban J connectivity index is 1.92. The number of thiocarbonyl (C=S) groups is 1. The molecule has 1 aromatic heterocycles. The number of thiazole rings is 1. The molecule has 0 unspecified atom stereocenters. The number of hydrogen-bond donors (Lipinski definition) is 2. The molecule has 0 radical (unpaired) electrons. The summed E-state index contributed by atoms with van der Waals surface area (Å²) < 4.78 is 0. The summed E-state index contributed by atoms with van der Waals surface area (Å²) in [5, 5.41) is 9.75. The van der Waals surface area contributed by atoms with Crippen molar-refractivity contribution in [3.8, 4) is 0 Å². The quantitative estimate of drug-likeness (QED) is 0.842. The highest BCUT2D eigenvalue weighted by molar-refractivity contribution is 7.80. The zero-order chi connectivity index (χ0) is 13.0. The topological polar surface area (TPSA) is 37.0 Å². The highest BCUT2D eigenvalue weighted by Gasteiger charge is 2.07. The molecule has 1 aromatic carbocycles. The Hall–Kier alpha value is -1.46. The minimum absolute atomic E-state index is 0.173. The van der Waals surface area contributed by atoms with E-state index in [9.17, 15) is 0 Å². The molecule has 0 saturated carbocycles. The Morgan fingerprint density at radius 1 is 1.33 bits per heavy atom. The number of nitrogens with one attached hydrogen (secondary N) is 2. The number of anilines is 1. The summed E-state index contributed by atoms with van der Waals surface area (Å²) in [6, 6.07) is 10.4. The maximum atomic E-state index is 5.27. The van der Waals surface area contributed by atoms with Gasteiger partial charge < -0.3 is 10.6 Å². The van der Waals surface area contributed by atoms with Crippen molar-refractivity contribution < 1.29 is 0 Å². The molecule has 0 aliphatic rings. The minimum atomic E-state index is 0.173. The smallest absolute Gasteiger partial charge is 0.189 e. The molecule has 3 nitrogen and oxygen atoms in total. The standard InChI is InChI=1S/C13H15N3S2/c1-9-8-18-13(14-9)16-12(17)15-10(2)11-6-4-3-5-7-11/h3-8,10H,1-2H3,(H2,14,15,16,17)/t10-/m1/s1. The maximum absolute atomic E-state index is 5.27. The van der Waals surface area contributed by atoms with Gasteiger partial charge in [-0.05, 0) is 31.6 Å². The number of aryl methyl sites for hydroxylation is 1. The molecule has 1 heterocycles. The summed E-state index contributed by atoms with van der Waals surface area (Å²) in [6.45, 7) is 4.04. The summed E-state index contributed by atoms with van der Waals surface area (Å²) in [5.74, 6) is 0. The van der Waals surface area contributed by atoms with Gasteiger partial charge in [-0.15, -0.1) is 11.3 Å². The SMILES string of the molecule is Cc1csc(NC(=S)N[C@H](C)c2ccccc2)n1. The van der Waals surface area contributed by atoms with Crippen LogP contribution in [0.25, 0.3) is 0 Å². The van der Waals surface area contributed by atoms with Crippen molar-refractivity contribution in [2.75, 3.05) is 5.32 Å². The lowest BCUT2D eigenvalue weighted by atomic mass is 10.1. The molecular weight excluding hydrogens is 262 g/mol. The van der Waals surface area contributed by atoms with Crippen molar-refractivity contribution in [2.24, 2.45) is 0 Å². The zero-order valence-electron chi connectivity index (χ0n) is 10.3. The third-order valence-electron chi connectivity index (χ3n) is 2.49. The largest absolute Gasteiger partial charge is 0.356 e. The van der Waals surface area contributed by atoms with Gasteiger partial charge in [0.25, 0.3) is 0 Å². The van der Waals surface area contributed by atoms with Crippen molar-refractivity contribution in [1.82, 2.24) is 10.3 Å². The summed E-state index contributed by atoms with van der Waals surface area (Å²) in [5.41, 5.74) is 2.21. The highest BCUT2D eigenvalue weighted by Crippen LogP contribution is 2.15. The molecule has 0 bridgehead atoms. The van der Waals surface area contributed by atoms with Crippen LogP contribution >= 0.6 is 23.6 Å². The fourth-order valence-electron chi connectivity index (χ4n) is 1.57. The van der Waals surface area contributed by atoms with Gasteiger partial charge in [0, 0.05) is 5.38 Å². The molecule has 1 atom stereocenters. The maximum Gasteiger partial charge on any atom is 0.189 e. The van der Waals surface area contributed by atoms with Crippen molar-refractivity contribution >= 4 is 33.8 Å². The van der Waals surface area contributed by atoms with Gasteiger partial charge in [0.2, 0.25) is 0 Å². The van der Waals surface area contributed by atoms with Crippen molar-refractivity contribution in [2.45, 2.75) is 19.9 Å². The molecule has 2 aromatic rings. The lowest BCUT2D eigenvalue weighted by Gasteiger charge is -2.16. The molecule has 0 spiro atoms. The normalized spacial score (nSPS) is 11.9. The van der Waals surface area contributed by atoms with E-state index in [1.54, 1.807) is 11.3 Å². The first-order valence-electron chi connectivity index (χ1n) is 5.70. The number of nitrogens with zero attached hydrogens (tertiary/aromatic N) is 1. The van der Waals surface area contributed by atoms with Gasteiger partial charge in [-0.1, -0.05) is 30.3 Å². The van der Waals surface area contributed by atoms with Gasteiger partial charge in [0.15, 0.2) is 10.2 Å². The third kappa shape index (κ3) is 3.51. The lowest BCUT2D eigenvalue weighted by molar-refractivity contribution is 0.722. The van der Waals surface area contributed by atoms with Gasteiger partial charge in [-0.3, -0.25) is 0 Å². The predicted molar refractivity (Wildman–Crippen MR) is 81.1 cm³/mol. The second-order valence-corrected chi connectivity index (χ2v) is 5.29. The van der Waals surface area contributed by atoms with Gasteiger partial charge in [0.05, 0.1) is 11.7 Å². The van der Waals surface area contributed by atoms with Crippen molar-refractivity contribution in [3.63, 3.8) is 0 Å². The van der Waals surface area contributed by atoms with Gasteiger partial charge >= 0.3 is 0 Å². The van der Waals surface area contributed by atoms with Crippen LogP contribution in [0.2, 0.25) is 0 Å². The van der Waals surface area contributed by atoms with E-state index in [1.165, 1.54) is 5.56 Å². The van der Waals surface area contributed by atoms with E-state index < -0.39 is 0 Å². The average Bonchev–Trinajstić information content (AvgIpc) is 2.75. The fraction of sp³-hybridized carbons (Fsp3) is 0.231.